The second-order valence-corrected chi connectivity index (χ2v) is 5.31. The number of rotatable bonds is 6. The molecular formula is C15H16F3NOS. The van der Waals surface area contributed by atoms with Crippen LogP contribution in [-0.2, 0) is 0 Å². The van der Waals surface area contributed by atoms with Crippen molar-refractivity contribution in [2.24, 2.45) is 0 Å². The third kappa shape index (κ3) is 4.47. The predicted molar refractivity (Wildman–Crippen MR) is 77.6 cm³/mol. The van der Waals surface area contributed by atoms with Gasteiger partial charge in [0, 0.05) is 5.56 Å². The van der Waals surface area contributed by atoms with E-state index in [9.17, 15) is 13.2 Å². The molecule has 21 heavy (non-hydrogen) atoms. The molecule has 0 saturated heterocycles. The number of hydrogen-bond donors (Lipinski definition) is 1. The molecule has 2 rings (SSSR count). The SMILES string of the molecule is CCCNC(c1ccsc1)c1ccccc1OC(F)(F)F. The molecule has 1 aromatic heterocycles. The van der Waals surface area contributed by atoms with Crippen LogP contribution < -0.4 is 10.1 Å². The predicted octanol–water partition coefficient (Wildman–Crippen LogP) is 4.74. The maximum absolute atomic E-state index is 12.5. The number of nitrogens with one attached hydrogen (secondary N) is 1. The van der Waals surface area contributed by atoms with Gasteiger partial charge in [-0.1, -0.05) is 25.1 Å². The van der Waals surface area contributed by atoms with Crippen LogP contribution in [0.15, 0.2) is 41.1 Å². The zero-order valence-electron chi connectivity index (χ0n) is 11.5. The fourth-order valence-electron chi connectivity index (χ4n) is 2.07. The minimum absolute atomic E-state index is 0.162. The third-order valence-electron chi connectivity index (χ3n) is 2.93. The summed E-state index contributed by atoms with van der Waals surface area (Å²) in [5, 5.41) is 7.11. The van der Waals surface area contributed by atoms with Gasteiger partial charge in [-0.15, -0.1) is 13.2 Å². The molecule has 1 heterocycles. The Morgan fingerprint density at radius 1 is 1.24 bits per heavy atom. The maximum atomic E-state index is 12.5. The van der Waals surface area contributed by atoms with Gasteiger partial charge < -0.3 is 10.1 Å². The Bertz CT molecular complexity index is 554. The van der Waals surface area contributed by atoms with Crippen LogP contribution in [0.3, 0.4) is 0 Å². The van der Waals surface area contributed by atoms with Gasteiger partial charge in [-0.05, 0) is 41.4 Å². The van der Waals surface area contributed by atoms with Crippen molar-refractivity contribution in [3.05, 3.63) is 52.2 Å². The number of halogens is 3. The quantitative estimate of drug-likeness (QED) is 0.831. The zero-order valence-corrected chi connectivity index (χ0v) is 12.3. The van der Waals surface area contributed by atoms with Gasteiger partial charge in [-0.2, -0.15) is 11.3 Å². The Balaban J connectivity index is 2.35. The standard InChI is InChI=1S/C15H16F3NOS/c1-2-8-19-14(11-7-9-21-10-11)12-5-3-4-6-13(12)20-15(16,17)18/h3-7,9-10,14,19H,2,8H2,1H3. The van der Waals surface area contributed by atoms with Gasteiger partial charge in [0.2, 0.25) is 0 Å². The van der Waals surface area contributed by atoms with Crippen LogP contribution in [0.25, 0.3) is 0 Å². The van der Waals surface area contributed by atoms with E-state index in [2.05, 4.69) is 10.1 Å². The lowest BCUT2D eigenvalue weighted by molar-refractivity contribution is -0.275. The molecule has 2 aromatic rings. The Morgan fingerprint density at radius 3 is 2.62 bits per heavy atom. The molecule has 1 unspecified atom stereocenters. The molecule has 0 fully saturated rings. The van der Waals surface area contributed by atoms with E-state index in [0.29, 0.717) is 12.1 Å². The van der Waals surface area contributed by atoms with Crippen molar-refractivity contribution in [3.8, 4) is 5.75 Å². The molecule has 2 nitrogen and oxygen atoms in total. The van der Waals surface area contributed by atoms with Crippen molar-refractivity contribution in [2.75, 3.05) is 6.54 Å². The van der Waals surface area contributed by atoms with Crippen LogP contribution in [0.1, 0.15) is 30.5 Å². The number of hydrogen-bond acceptors (Lipinski definition) is 3. The summed E-state index contributed by atoms with van der Waals surface area (Å²) in [6.45, 7) is 2.72. The Labute approximate surface area is 125 Å². The molecule has 0 aliphatic heterocycles. The van der Waals surface area contributed by atoms with Crippen LogP contribution >= 0.6 is 11.3 Å². The van der Waals surface area contributed by atoms with Gasteiger partial charge in [0.1, 0.15) is 5.75 Å². The van der Waals surface area contributed by atoms with E-state index in [1.54, 1.807) is 12.1 Å². The Kier molecular flexibility index (Phi) is 5.25. The first-order chi connectivity index (χ1) is 10.0. The summed E-state index contributed by atoms with van der Waals surface area (Å²) >= 11 is 1.51. The lowest BCUT2D eigenvalue weighted by Gasteiger charge is -2.21. The van der Waals surface area contributed by atoms with Crippen molar-refractivity contribution >= 4 is 11.3 Å². The topological polar surface area (TPSA) is 21.3 Å². The highest BCUT2D eigenvalue weighted by Gasteiger charge is 2.33. The number of para-hydroxylation sites is 1. The smallest absolute Gasteiger partial charge is 0.405 e. The summed E-state index contributed by atoms with van der Waals surface area (Å²) in [7, 11) is 0. The number of benzene rings is 1. The first-order valence-electron chi connectivity index (χ1n) is 6.61. The molecule has 1 atom stereocenters. The molecule has 1 N–H and O–H groups in total. The van der Waals surface area contributed by atoms with Crippen molar-refractivity contribution < 1.29 is 17.9 Å². The summed E-state index contributed by atoms with van der Waals surface area (Å²) in [5.74, 6) is -0.162. The number of ether oxygens (including phenoxy) is 1. The molecular weight excluding hydrogens is 299 g/mol. The average Bonchev–Trinajstić information content (AvgIpc) is 2.93. The highest BCUT2D eigenvalue weighted by molar-refractivity contribution is 7.08. The molecule has 0 spiro atoms. The number of thiophene rings is 1. The van der Waals surface area contributed by atoms with Gasteiger partial charge in [0.25, 0.3) is 0 Å². The van der Waals surface area contributed by atoms with Crippen molar-refractivity contribution in [2.45, 2.75) is 25.7 Å². The molecule has 6 heteroatoms. The van der Waals surface area contributed by atoms with Crippen LogP contribution in [0.2, 0.25) is 0 Å². The van der Waals surface area contributed by atoms with E-state index in [1.807, 2.05) is 23.8 Å². The Morgan fingerprint density at radius 2 is 2.00 bits per heavy atom. The summed E-state index contributed by atoms with van der Waals surface area (Å²) in [6.07, 6.45) is -3.80. The van der Waals surface area contributed by atoms with Crippen LogP contribution in [0.4, 0.5) is 13.2 Å². The van der Waals surface area contributed by atoms with Gasteiger partial charge in [-0.3, -0.25) is 0 Å². The van der Waals surface area contributed by atoms with E-state index < -0.39 is 6.36 Å². The molecule has 0 amide bonds. The summed E-state index contributed by atoms with van der Waals surface area (Å²) < 4.78 is 41.8. The van der Waals surface area contributed by atoms with E-state index in [1.165, 1.54) is 23.5 Å². The monoisotopic (exact) mass is 315 g/mol. The van der Waals surface area contributed by atoms with Gasteiger partial charge >= 0.3 is 6.36 Å². The lowest BCUT2D eigenvalue weighted by Crippen LogP contribution is -2.25. The van der Waals surface area contributed by atoms with E-state index in [-0.39, 0.29) is 11.8 Å². The van der Waals surface area contributed by atoms with Gasteiger partial charge in [-0.25, -0.2) is 0 Å². The van der Waals surface area contributed by atoms with Crippen molar-refractivity contribution in [3.63, 3.8) is 0 Å². The third-order valence-corrected chi connectivity index (χ3v) is 3.63. The van der Waals surface area contributed by atoms with E-state index >= 15 is 0 Å². The molecule has 0 radical (unpaired) electrons. The van der Waals surface area contributed by atoms with Crippen molar-refractivity contribution in [1.29, 1.82) is 0 Å². The second kappa shape index (κ2) is 6.95. The van der Waals surface area contributed by atoms with Crippen LogP contribution in [0, 0.1) is 0 Å². The first-order valence-corrected chi connectivity index (χ1v) is 7.55. The number of alkyl halides is 3. The fraction of sp³-hybridized carbons (Fsp3) is 0.333. The van der Waals surface area contributed by atoms with Crippen LogP contribution in [-0.4, -0.2) is 12.9 Å². The molecule has 114 valence electrons. The molecule has 0 aliphatic carbocycles. The minimum atomic E-state index is -4.69. The van der Waals surface area contributed by atoms with Gasteiger partial charge in [0.15, 0.2) is 0 Å². The largest absolute Gasteiger partial charge is 0.573 e. The Hall–Kier alpha value is -1.53. The fourth-order valence-corrected chi connectivity index (χ4v) is 2.76. The van der Waals surface area contributed by atoms with Gasteiger partial charge in [0.05, 0.1) is 6.04 Å². The maximum Gasteiger partial charge on any atom is 0.573 e. The summed E-state index contributed by atoms with van der Waals surface area (Å²) in [4.78, 5) is 0. The molecule has 1 aromatic carbocycles. The second-order valence-electron chi connectivity index (χ2n) is 4.53. The molecule has 0 bridgehead atoms. The average molecular weight is 315 g/mol. The molecule has 0 aliphatic rings. The minimum Gasteiger partial charge on any atom is -0.405 e. The highest BCUT2D eigenvalue weighted by Crippen LogP contribution is 2.34. The zero-order chi connectivity index (χ0) is 15.3. The lowest BCUT2D eigenvalue weighted by atomic mass is 10.00. The van der Waals surface area contributed by atoms with E-state index in [0.717, 1.165) is 12.0 Å². The summed E-state index contributed by atoms with van der Waals surface area (Å²) in [6, 6.07) is 7.85. The molecule has 0 saturated carbocycles. The highest BCUT2D eigenvalue weighted by atomic mass is 32.1. The first kappa shape index (κ1) is 15.9. The normalized spacial score (nSPS) is 13.1. The summed E-state index contributed by atoms with van der Waals surface area (Å²) in [5.41, 5.74) is 1.42. The van der Waals surface area contributed by atoms with Crippen LogP contribution in [0.5, 0.6) is 5.75 Å². The van der Waals surface area contributed by atoms with E-state index in [4.69, 9.17) is 0 Å². The van der Waals surface area contributed by atoms with Crippen molar-refractivity contribution in [1.82, 2.24) is 5.32 Å².